The first kappa shape index (κ1) is 18.4. The van der Waals surface area contributed by atoms with E-state index in [1.54, 1.807) is 10.8 Å². The molecule has 5 rings (SSSR count). The summed E-state index contributed by atoms with van der Waals surface area (Å²) in [5.74, 6) is 3.07. The van der Waals surface area contributed by atoms with Crippen LogP contribution in [-0.4, -0.2) is 43.7 Å². The van der Waals surface area contributed by atoms with Crippen molar-refractivity contribution in [3.8, 4) is 11.5 Å². The molecular formula is C22H23N7O. The van der Waals surface area contributed by atoms with Crippen LogP contribution in [0.2, 0.25) is 0 Å². The van der Waals surface area contributed by atoms with E-state index in [1.165, 1.54) is 0 Å². The first-order chi connectivity index (χ1) is 14.7. The molecular weight excluding hydrogens is 378 g/mol. The quantitative estimate of drug-likeness (QED) is 0.546. The molecule has 1 aromatic carbocycles. The number of fused-ring (bicyclic) bond motifs is 1. The largest absolute Gasteiger partial charge is 0.453 e. The van der Waals surface area contributed by atoms with Gasteiger partial charge in [-0.05, 0) is 44.0 Å². The van der Waals surface area contributed by atoms with E-state index >= 15 is 0 Å². The SMILES string of the molecule is Cc1cc(N2CCC(Nc3nc4c(Oc5ccccc5)cccn4n3)CC2)ncn1. The molecule has 0 spiro atoms. The van der Waals surface area contributed by atoms with Gasteiger partial charge in [-0.2, -0.15) is 4.98 Å². The van der Waals surface area contributed by atoms with Gasteiger partial charge >= 0.3 is 0 Å². The second-order valence-corrected chi connectivity index (χ2v) is 7.41. The van der Waals surface area contributed by atoms with Gasteiger partial charge < -0.3 is 15.0 Å². The zero-order valence-corrected chi connectivity index (χ0v) is 16.8. The third-order valence-corrected chi connectivity index (χ3v) is 5.24. The average Bonchev–Trinajstić information content (AvgIpc) is 3.19. The highest BCUT2D eigenvalue weighted by Gasteiger charge is 2.22. The van der Waals surface area contributed by atoms with Gasteiger partial charge in [0.05, 0.1) is 0 Å². The molecule has 8 heteroatoms. The first-order valence-electron chi connectivity index (χ1n) is 10.1. The van der Waals surface area contributed by atoms with Crippen molar-refractivity contribution < 1.29 is 4.74 Å². The molecule has 3 aromatic heterocycles. The Hall–Kier alpha value is -3.68. The van der Waals surface area contributed by atoms with Crippen molar-refractivity contribution in [1.29, 1.82) is 0 Å². The molecule has 4 heterocycles. The number of benzene rings is 1. The predicted octanol–water partition coefficient (Wildman–Crippen LogP) is 3.70. The minimum atomic E-state index is 0.320. The van der Waals surface area contributed by atoms with Gasteiger partial charge in [0, 0.05) is 37.1 Å². The van der Waals surface area contributed by atoms with Gasteiger partial charge in [0.1, 0.15) is 17.9 Å². The van der Waals surface area contributed by atoms with Crippen LogP contribution in [0, 0.1) is 6.92 Å². The fourth-order valence-corrected chi connectivity index (χ4v) is 3.69. The molecule has 30 heavy (non-hydrogen) atoms. The van der Waals surface area contributed by atoms with Crippen molar-refractivity contribution >= 4 is 17.4 Å². The Kier molecular flexibility index (Phi) is 4.88. The van der Waals surface area contributed by atoms with Gasteiger partial charge in [0.2, 0.25) is 5.95 Å². The fraction of sp³-hybridized carbons (Fsp3) is 0.273. The number of aromatic nitrogens is 5. The van der Waals surface area contributed by atoms with E-state index in [0.717, 1.165) is 43.2 Å². The van der Waals surface area contributed by atoms with Crippen LogP contribution in [0.25, 0.3) is 5.65 Å². The Bertz CT molecular complexity index is 1140. The molecule has 1 fully saturated rings. The van der Waals surface area contributed by atoms with Crippen LogP contribution < -0.4 is 15.0 Å². The number of ether oxygens (including phenoxy) is 1. The van der Waals surface area contributed by atoms with Crippen LogP contribution >= 0.6 is 0 Å². The minimum Gasteiger partial charge on any atom is -0.453 e. The molecule has 0 atom stereocenters. The fourth-order valence-electron chi connectivity index (χ4n) is 3.69. The van der Waals surface area contributed by atoms with Gasteiger partial charge in [-0.15, -0.1) is 5.10 Å². The van der Waals surface area contributed by atoms with Crippen LogP contribution in [0.3, 0.4) is 0 Å². The molecule has 4 aromatic rings. The van der Waals surface area contributed by atoms with Gasteiger partial charge in [-0.3, -0.25) is 0 Å². The lowest BCUT2D eigenvalue weighted by molar-refractivity contribution is 0.484. The predicted molar refractivity (Wildman–Crippen MR) is 115 cm³/mol. The van der Waals surface area contributed by atoms with E-state index < -0.39 is 0 Å². The molecule has 0 bridgehead atoms. The Morgan fingerprint density at radius 2 is 1.87 bits per heavy atom. The van der Waals surface area contributed by atoms with Crippen molar-refractivity contribution in [2.75, 3.05) is 23.3 Å². The Morgan fingerprint density at radius 1 is 1.03 bits per heavy atom. The lowest BCUT2D eigenvalue weighted by Gasteiger charge is -2.32. The summed E-state index contributed by atoms with van der Waals surface area (Å²) in [5, 5.41) is 8.06. The van der Waals surface area contributed by atoms with Crippen LogP contribution in [0.4, 0.5) is 11.8 Å². The summed E-state index contributed by atoms with van der Waals surface area (Å²) < 4.78 is 7.75. The highest BCUT2D eigenvalue weighted by atomic mass is 16.5. The molecule has 0 saturated carbocycles. The number of hydrogen-bond acceptors (Lipinski definition) is 7. The van der Waals surface area contributed by atoms with Gasteiger partial charge in [-0.1, -0.05) is 18.2 Å². The standard InChI is InChI=1S/C22H23N7O/c1-16-14-20(24-15-23-16)28-12-9-17(10-13-28)25-22-26-21-19(8-5-11-29(21)27-22)30-18-6-3-2-4-7-18/h2-8,11,14-15,17H,9-10,12-13H2,1H3,(H,25,27). The van der Waals surface area contributed by atoms with E-state index in [9.17, 15) is 0 Å². The Morgan fingerprint density at radius 3 is 2.67 bits per heavy atom. The number of pyridine rings is 1. The van der Waals surface area contributed by atoms with Gasteiger partial charge in [0.15, 0.2) is 11.4 Å². The van der Waals surface area contributed by atoms with Crippen LogP contribution in [-0.2, 0) is 0 Å². The minimum absolute atomic E-state index is 0.320. The molecule has 1 saturated heterocycles. The molecule has 8 nitrogen and oxygen atoms in total. The summed E-state index contributed by atoms with van der Waals surface area (Å²) in [6.45, 7) is 3.86. The molecule has 1 aliphatic heterocycles. The third kappa shape index (κ3) is 3.89. The van der Waals surface area contributed by atoms with Crippen LogP contribution in [0.15, 0.2) is 61.1 Å². The highest BCUT2D eigenvalue weighted by molar-refractivity contribution is 5.57. The van der Waals surface area contributed by atoms with Crippen molar-refractivity contribution in [3.05, 3.63) is 66.7 Å². The van der Waals surface area contributed by atoms with E-state index in [1.807, 2.05) is 61.7 Å². The third-order valence-electron chi connectivity index (χ3n) is 5.24. The number of nitrogens with zero attached hydrogens (tertiary/aromatic N) is 6. The molecule has 0 amide bonds. The number of rotatable bonds is 5. The second kappa shape index (κ2) is 7.98. The monoisotopic (exact) mass is 401 g/mol. The van der Waals surface area contributed by atoms with E-state index in [2.05, 4.69) is 30.3 Å². The van der Waals surface area contributed by atoms with Crippen molar-refractivity contribution in [2.24, 2.45) is 0 Å². The maximum absolute atomic E-state index is 6.00. The van der Waals surface area contributed by atoms with E-state index in [0.29, 0.717) is 23.4 Å². The summed E-state index contributed by atoms with van der Waals surface area (Å²) in [7, 11) is 0. The van der Waals surface area contributed by atoms with Crippen molar-refractivity contribution in [3.63, 3.8) is 0 Å². The maximum Gasteiger partial charge on any atom is 0.243 e. The molecule has 1 N–H and O–H groups in total. The van der Waals surface area contributed by atoms with Crippen molar-refractivity contribution in [1.82, 2.24) is 24.6 Å². The van der Waals surface area contributed by atoms with Gasteiger partial charge in [-0.25, -0.2) is 14.5 Å². The zero-order chi connectivity index (χ0) is 20.3. The number of piperidine rings is 1. The van der Waals surface area contributed by atoms with Crippen LogP contribution in [0.5, 0.6) is 11.5 Å². The van der Waals surface area contributed by atoms with E-state index in [4.69, 9.17) is 4.74 Å². The number of aryl methyl sites for hydroxylation is 1. The normalized spacial score (nSPS) is 14.8. The summed E-state index contributed by atoms with van der Waals surface area (Å²) in [5.41, 5.74) is 1.68. The highest BCUT2D eigenvalue weighted by Crippen LogP contribution is 2.26. The summed E-state index contributed by atoms with van der Waals surface area (Å²) >= 11 is 0. The summed E-state index contributed by atoms with van der Waals surface area (Å²) in [6, 6.07) is 15.9. The Labute approximate surface area is 174 Å². The molecule has 152 valence electrons. The maximum atomic E-state index is 6.00. The van der Waals surface area contributed by atoms with Crippen molar-refractivity contribution in [2.45, 2.75) is 25.8 Å². The first-order valence-corrected chi connectivity index (χ1v) is 10.1. The summed E-state index contributed by atoms with van der Waals surface area (Å²) in [6.07, 6.45) is 5.49. The topological polar surface area (TPSA) is 80.5 Å². The molecule has 0 unspecified atom stereocenters. The lowest BCUT2D eigenvalue weighted by atomic mass is 10.1. The van der Waals surface area contributed by atoms with E-state index in [-0.39, 0.29) is 0 Å². The molecule has 0 aliphatic carbocycles. The lowest BCUT2D eigenvalue weighted by Crippen LogP contribution is -2.39. The number of anilines is 2. The number of para-hydroxylation sites is 1. The number of nitrogens with one attached hydrogen (secondary N) is 1. The molecule has 1 aliphatic rings. The average molecular weight is 401 g/mol. The Balaban J connectivity index is 1.27. The van der Waals surface area contributed by atoms with Gasteiger partial charge in [0.25, 0.3) is 0 Å². The second-order valence-electron chi connectivity index (χ2n) is 7.41. The molecule has 0 radical (unpaired) electrons. The summed E-state index contributed by atoms with van der Waals surface area (Å²) in [4.78, 5) is 15.6. The smallest absolute Gasteiger partial charge is 0.243 e. The van der Waals surface area contributed by atoms with Crippen LogP contribution in [0.1, 0.15) is 18.5 Å². The zero-order valence-electron chi connectivity index (χ0n) is 16.8. The number of hydrogen-bond donors (Lipinski definition) is 1.